The van der Waals surface area contributed by atoms with Crippen LogP contribution in [0.25, 0.3) is 32.1 Å². The Morgan fingerprint density at radius 2 is 2.07 bits per heavy atom. The Balaban J connectivity index is 1.38. The SMILES string of the molecule is C=C1CN2CCC[C@@]2(COc2nc(N3CCOCC(C)(O)C3)c3cc(Cl)c(-c4ccc(F)c5sc(N)cc45)c(F)c3n2)C1. The zero-order valence-electron chi connectivity index (χ0n) is 23.8. The summed E-state index contributed by atoms with van der Waals surface area (Å²) in [7, 11) is 0. The second-order valence-electron chi connectivity index (χ2n) is 12.2. The second kappa shape index (κ2) is 10.5. The van der Waals surface area contributed by atoms with Gasteiger partial charge in [-0.25, -0.2) is 8.78 Å². The predicted octanol–water partition coefficient (Wildman–Crippen LogP) is 5.79. The van der Waals surface area contributed by atoms with Gasteiger partial charge in [0.15, 0.2) is 5.82 Å². The summed E-state index contributed by atoms with van der Waals surface area (Å²) in [4.78, 5) is 13.6. The average molecular weight is 628 g/mol. The predicted molar refractivity (Wildman–Crippen MR) is 166 cm³/mol. The monoisotopic (exact) mass is 627 g/mol. The maximum Gasteiger partial charge on any atom is 0.319 e. The number of rotatable bonds is 5. The number of β-amino-alcohol motifs (C(OH)–C–C–N with tert-alkyl or cyclic N) is 1. The molecule has 3 saturated heterocycles. The smallest absolute Gasteiger partial charge is 0.319 e. The van der Waals surface area contributed by atoms with Crippen LogP contribution in [-0.2, 0) is 4.74 Å². The van der Waals surface area contributed by atoms with E-state index >= 15 is 4.39 Å². The van der Waals surface area contributed by atoms with Crippen LogP contribution < -0.4 is 15.4 Å². The van der Waals surface area contributed by atoms with Gasteiger partial charge in [0.2, 0.25) is 0 Å². The third kappa shape index (κ3) is 5.01. The fourth-order valence-electron chi connectivity index (χ4n) is 6.87. The van der Waals surface area contributed by atoms with E-state index in [0.29, 0.717) is 51.6 Å². The molecular formula is C31H32ClF2N5O3S. The first-order chi connectivity index (χ1) is 20.5. The molecule has 3 N–H and O–H groups in total. The highest BCUT2D eigenvalue weighted by atomic mass is 35.5. The van der Waals surface area contributed by atoms with Crippen molar-refractivity contribution in [2.45, 2.75) is 37.3 Å². The van der Waals surface area contributed by atoms with Crippen LogP contribution in [0.2, 0.25) is 5.02 Å². The van der Waals surface area contributed by atoms with Gasteiger partial charge >= 0.3 is 6.01 Å². The number of hydrogen-bond donors (Lipinski definition) is 2. The molecule has 7 rings (SSSR count). The van der Waals surface area contributed by atoms with Crippen molar-refractivity contribution in [1.82, 2.24) is 14.9 Å². The average Bonchev–Trinajstić information content (AvgIpc) is 3.58. The van der Waals surface area contributed by atoms with Crippen molar-refractivity contribution in [3.8, 4) is 17.1 Å². The van der Waals surface area contributed by atoms with E-state index in [1.54, 1.807) is 19.1 Å². The van der Waals surface area contributed by atoms with Crippen LogP contribution in [0.15, 0.2) is 36.4 Å². The number of anilines is 2. The number of nitrogens with zero attached hydrogens (tertiary/aromatic N) is 4. The third-order valence-electron chi connectivity index (χ3n) is 8.72. The van der Waals surface area contributed by atoms with Gasteiger partial charge in [0.25, 0.3) is 0 Å². The van der Waals surface area contributed by atoms with Crippen molar-refractivity contribution >= 4 is 54.7 Å². The molecule has 2 atom stereocenters. The summed E-state index contributed by atoms with van der Waals surface area (Å²) in [6.07, 6.45) is 2.87. The van der Waals surface area contributed by atoms with Crippen molar-refractivity contribution in [2.24, 2.45) is 0 Å². The van der Waals surface area contributed by atoms with Crippen molar-refractivity contribution in [1.29, 1.82) is 0 Å². The summed E-state index contributed by atoms with van der Waals surface area (Å²) in [6.45, 7) is 9.15. The molecule has 0 spiro atoms. The summed E-state index contributed by atoms with van der Waals surface area (Å²) in [5.41, 5.74) is 6.34. The lowest BCUT2D eigenvalue weighted by Gasteiger charge is -2.31. The topological polar surface area (TPSA) is 97.0 Å². The third-order valence-corrected chi connectivity index (χ3v) is 9.99. The lowest BCUT2D eigenvalue weighted by molar-refractivity contribution is -0.0123. The van der Waals surface area contributed by atoms with E-state index in [1.165, 1.54) is 17.7 Å². The molecule has 43 heavy (non-hydrogen) atoms. The molecule has 4 aromatic rings. The minimum atomic E-state index is -1.16. The van der Waals surface area contributed by atoms with E-state index in [9.17, 15) is 9.50 Å². The first kappa shape index (κ1) is 28.7. The van der Waals surface area contributed by atoms with Crippen molar-refractivity contribution in [2.75, 3.05) is 56.6 Å². The van der Waals surface area contributed by atoms with E-state index in [1.807, 2.05) is 4.90 Å². The van der Waals surface area contributed by atoms with Gasteiger partial charge < -0.3 is 25.2 Å². The lowest BCUT2D eigenvalue weighted by Crippen LogP contribution is -2.44. The molecule has 2 aromatic carbocycles. The van der Waals surface area contributed by atoms with E-state index in [-0.39, 0.29) is 40.8 Å². The molecule has 8 nitrogen and oxygen atoms in total. The molecule has 2 aromatic heterocycles. The molecule has 226 valence electrons. The molecule has 0 amide bonds. The molecule has 12 heteroatoms. The number of halogens is 3. The number of thiophene rings is 1. The van der Waals surface area contributed by atoms with Crippen LogP contribution in [0, 0.1) is 11.6 Å². The molecule has 0 aliphatic carbocycles. The molecule has 0 bridgehead atoms. The Bertz CT molecular complexity index is 1780. The van der Waals surface area contributed by atoms with Crippen LogP contribution in [0.4, 0.5) is 19.6 Å². The fourth-order valence-corrected chi connectivity index (χ4v) is 8.02. The summed E-state index contributed by atoms with van der Waals surface area (Å²) in [6, 6.07) is 6.07. The Morgan fingerprint density at radius 1 is 1.23 bits per heavy atom. The van der Waals surface area contributed by atoms with E-state index < -0.39 is 17.2 Å². The van der Waals surface area contributed by atoms with Crippen molar-refractivity contribution in [3.63, 3.8) is 0 Å². The highest BCUT2D eigenvalue weighted by Gasteiger charge is 2.46. The van der Waals surface area contributed by atoms with Crippen molar-refractivity contribution < 1.29 is 23.4 Å². The first-order valence-electron chi connectivity index (χ1n) is 14.3. The largest absolute Gasteiger partial charge is 0.461 e. The minimum Gasteiger partial charge on any atom is -0.461 e. The fraction of sp³-hybridized carbons (Fsp3) is 0.419. The normalized spacial score (nSPS) is 24.7. The van der Waals surface area contributed by atoms with Crippen LogP contribution in [-0.4, -0.2) is 77.1 Å². The number of nitrogen functional groups attached to an aromatic ring is 1. The van der Waals surface area contributed by atoms with E-state index in [4.69, 9.17) is 31.8 Å². The Kier molecular flexibility index (Phi) is 7.01. The number of hydrogen-bond acceptors (Lipinski definition) is 9. The highest BCUT2D eigenvalue weighted by molar-refractivity contribution is 7.22. The molecule has 3 aliphatic heterocycles. The summed E-state index contributed by atoms with van der Waals surface area (Å²) < 4.78 is 43.6. The quantitative estimate of drug-likeness (QED) is 0.269. The molecular weight excluding hydrogens is 596 g/mol. The van der Waals surface area contributed by atoms with E-state index in [2.05, 4.69) is 16.5 Å². The maximum atomic E-state index is 16.8. The molecule has 0 saturated carbocycles. The van der Waals surface area contributed by atoms with Crippen LogP contribution in [0.5, 0.6) is 6.01 Å². The molecule has 3 fully saturated rings. The van der Waals surface area contributed by atoms with Crippen LogP contribution >= 0.6 is 22.9 Å². The number of fused-ring (bicyclic) bond motifs is 3. The van der Waals surface area contributed by atoms with Gasteiger partial charge in [-0.3, -0.25) is 4.90 Å². The Labute approximate surface area is 256 Å². The van der Waals surface area contributed by atoms with E-state index in [0.717, 1.165) is 43.7 Å². The van der Waals surface area contributed by atoms with Gasteiger partial charge in [0, 0.05) is 29.4 Å². The molecule has 0 radical (unpaired) electrons. The molecule has 3 aliphatic rings. The molecule has 1 unspecified atom stereocenters. The standard InChI is InChI=1S/C31H32ClF2N5O3S/c1-17-12-31(6-3-7-39(31)13-17)16-42-29-36-26-20(28(37-29)38-8-9-41-15-30(2,40)14-38)10-21(32)24(25(26)34)18-4-5-22(33)27-19(18)11-23(35)43-27/h4-5,10-11,40H,1,3,6-9,12-16,35H2,2H3/t30?,31-/m0/s1. The minimum absolute atomic E-state index is 0.0153. The summed E-state index contributed by atoms with van der Waals surface area (Å²) >= 11 is 7.89. The van der Waals surface area contributed by atoms with Gasteiger partial charge in [-0.1, -0.05) is 29.8 Å². The number of ether oxygens (including phenoxy) is 2. The number of benzene rings is 2. The maximum absolute atomic E-state index is 16.8. The summed E-state index contributed by atoms with van der Waals surface area (Å²) in [5.74, 6) is -0.733. The number of aliphatic hydroxyl groups is 1. The van der Waals surface area contributed by atoms with Crippen LogP contribution in [0.3, 0.4) is 0 Å². The van der Waals surface area contributed by atoms with Gasteiger partial charge in [-0.05, 0) is 56.5 Å². The highest BCUT2D eigenvalue weighted by Crippen LogP contribution is 2.45. The van der Waals surface area contributed by atoms with Crippen molar-refractivity contribution in [3.05, 3.63) is 53.1 Å². The van der Waals surface area contributed by atoms with Gasteiger partial charge in [0.05, 0.1) is 40.0 Å². The number of aromatic nitrogens is 2. The zero-order valence-corrected chi connectivity index (χ0v) is 25.3. The zero-order chi connectivity index (χ0) is 30.1. The first-order valence-corrected chi connectivity index (χ1v) is 15.5. The van der Waals surface area contributed by atoms with Gasteiger partial charge in [-0.15, -0.1) is 11.3 Å². The van der Waals surface area contributed by atoms with Gasteiger partial charge in [0.1, 0.15) is 29.4 Å². The Hall–Kier alpha value is -3.09. The second-order valence-corrected chi connectivity index (χ2v) is 13.7. The van der Waals surface area contributed by atoms with Crippen LogP contribution in [0.1, 0.15) is 26.2 Å². The Morgan fingerprint density at radius 3 is 2.91 bits per heavy atom. The lowest BCUT2D eigenvalue weighted by atomic mass is 9.94. The molecule has 5 heterocycles. The number of nitrogens with two attached hydrogens (primary N) is 1. The summed E-state index contributed by atoms with van der Waals surface area (Å²) in [5, 5.41) is 12.3. The van der Waals surface area contributed by atoms with Gasteiger partial charge in [-0.2, -0.15) is 9.97 Å².